The number of carboxylic acid groups (broad SMARTS) is 1. The summed E-state index contributed by atoms with van der Waals surface area (Å²) in [6.07, 6.45) is 0. The molecule has 1 N–H and O–H groups in total. The van der Waals surface area contributed by atoms with Crippen molar-refractivity contribution in [1.29, 1.82) is 0 Å². The Morgan fingerprint density at radius 3 is 2.58 bits per heavy atom. The molecule has 0 heterocycles. The van der Waals surface area contributed by atoms with Gasteiger partial charge >= 0.3 is 5.97 Å². The number of hydrogen-bond donors (Lipinski definition) is 1. The summed E-state index contributed by atoms with van der Waals surface area (Å²) in [6.45, 7) is 12.9. The Balaban J connectivity index is 3.05. The van der Waals surface area contributed by atoms with Crippen LogP contribution in [0.1, 0.15) is 25.0 Å². The molecule has 104 valence electrons. The molecule has 0 saturated carbocycles. The van der Waals surface area contributed by atoms with Crippen molar-refractivity contribution >= 4 is 11.7 Å². The smallest absolute Gasteiger partial charge is 0.308 e. The summed E-state index contributed by atoms with van der Waals surface area (Å²) in [5.74, 6) is -1.17. The van der Waals surface area contributed by atoms with Gasteiger partial charge in [0.1, 0.15) is 0 Å². The Kier molecular flexibility index (Phi) is 5.16. The molecule has 1 rings (SSSR count). The van der Waals surface area contributed by atoms with Gasteiger partial charge in [-0.3, -0.25) is 4.79 Å². The Morgan fingerprint density at radius 2 is 2.05 bits per heavy atom. The predicted molar refractivity (Wildman–Crippen MR) is 79.7 cm³/mol. The van der Waals surface area contributed by atoms with E-state index in [0.717, 1.165) is 16.8 Å². The molecule has 0 radical (unpaired) electrons. The zero-order valence-electron chi connectivity index (χ0n) is 12.2. The molecule has 0 saturated heterocycles. The summed E-state index contributed by atoms with van der Waals surface area (Å²) in [5, 5.41) is 9.09. The van der Waals surface area contributed by atoms with Gasteiger partial charge in [-0.25, -0.2) is 0 Å². The summed E-state index contributed by atoms with van der Waals surface area (Å²) in [5.41, 5.74) is 4.45. The van der Waals surface area contributed by atoms with E-state index >= 15 is 0 Å². The highest BCUT2D eigenvalue weighted by molar-refractivity contribution is 5.71. The average Bonchev–Trinajstić information content (AvgIpc) is 2.30. The SMILES string of the molecule is C=C(C)CN(CC(C)C(=O)O)c1cc(C)ccc1C. The minimum atomic E-state index is -0.767. The van der Waals surface area contributed by atoms with Crippen molar-refractivity contribution < 1.29 is 9.90 Å². The fourth-order valence-electron chi connectivity index (χ4n) is 2.04. The van der Waals surface area contributed by atoms with E-state index in [1.165, 1.54) is 5.56 Å². The molecule has 0 fully saturated rings. The van der Waals surface area contributed by atoms with Gasteiger partial charge in [0.2, 0.25) is 0 Å². The van der Waals surface area contributed by atoms with Crippen molar-refractivity contribution in [3.05, 3.63) is 41.5 Å². The third-order valence-electron chi connectivity index (χ3n) is 3.08. The van der Waals surface area contributed by atoms with Crippen LogP contribution in [-0.4, -0.2) is 24.2 Å². The second-order valence-corrected chi connectivity index (χ2v) is 5.37. The predicted octanol–water partition coefficient (Wildman–Crippen LogP) is 3.41. The van der Waals surface area contributed by atoms with E-state index in [2.05, 4.69) is 29.7 Å². The first-order chi connectivity index (χ1) is 8.81. The van der Waals surface area contributed by atoms with E-state index in [4.69, 9.17) is 5.11 Å². The molecule has 0 aromatic heterocycles. The number of carboxylic acids is 1. The number of hydrogen-bond acceptors (Lipinski definition) is 2. The molecule has 1 unspecified atom stereocenters. The fourth-order valence-corrected chi connectivity index (χ4v) is 2.04. The van der Waals surface area contributed by atoms with Crippen LogP contribution in [0.2, 0.25) is 0 Å². The highest BCUT2D eigenvalue weighted by atomic mass is 16.4. The first-order valence-corrected chi connectivity index (χ1v) is 6.50. The van der Waals surface area contributed by atoms with Gasteiger partial charge < -0.3 is 10.0 Å². The number of nitrogens with zero attached hydrogens (tertiary/aromatic N) is 1. The largest absolute Gasteiger partial charge is 0.481 e. The molecule has 3 heteroatoms. The first kappa shape index (κ1) is 15.3. The van der Waals surface area contributed by atoms with Crippen molar-refractivity contribution in [3.63, 3.8) is 0 Å². The van der Waals surface area contributed by atoms with Crippen LogP contribution in [0, 0.1) is 19.8 Å². The molecule has 0 spiro atoms. The van der Waals surface area contributed by atoms with Gasteiger partial charge in [-0.1, -0.05) is 31.2 Å². The lowest BCUT2D eigenvalue weighted by atomic mass is 10.1. The topological polar surface area (TPSA) is 40.5 Å². The number of rotatable bonds is 6. The zero-order valence-corrected chi connectivity index (χ0v) is 12.2. The lowest BCUT2D eigenvalue weighted by Gasteiger charge is -2.28. The van der Waals surface area contributed by atoms with Crippen molar-refractivity contribution in [1.82, 2.24) is 0 Å². The number of aliphatic carboxylic acids is 1. The summed E-state index contributed by atoms with van der Waals surface area (Å²) in [4.78, 5) is 13.2. The van der Waals surface area contributed by atoms with Gasteiger partial charge in [0.15, 0.2) is 0 Å². The molecule has 0 bridgehead atoms. The standard InChI is InChI=1S/C16H23NO2/c1-11(2)9-17(10-14(5)16(18)19)15-8-12(3)6-7-13(15)4/h6-8,14H,1,9-10H2,2-5H3,(H,18,19). The first-order valence-electron chi connectivity index (χ1n) is 6.50. The molecular weight excluding hydrogens is 238 g/mol. The third-order valence-corrected chi connectivity index (χ3v) is 3.08. The van der Waals surface area contributed by atoms with E-state index in [9.17, 15) is 4.79 Å². The van der Waals surface area contributed by atoms with Crippen LogP contribution in [0.5, 0.6) is 0 Å². The lowest BCUT2D eigenvalue weighted by Crippen LogP contribution is -2.33. The maximum atomic E-state index is 11.1. The van der Waals surface area contributed by atoms with E-state index in [1.54, 1.807) is 6.92 Å². The maximum Gasteiger partial charge on any atom is 0.308 e. The van der Waals surface area contributed by atoms with Crippen LogP contribution in [-0.2, 0) is 4.79 Å². The number of carbonyl (C=O) groups is 1. The van der Waals surface area contributed by atoms with Crippen LogP contribution < -0.4 is 4.90 Å². The quantitative estimate of drug-likeness (QED) is 0.798. The zero-order chi connectivity index (χ0) is 14.6. The highest BCUT2D eigenvalue weighted by Crippen LogP contribution is 2.23. The molecule has 1 aromatic carbocycles. The monoisotopic (exact) mass is 261 g/mol. The van der Waals surface area contributed by atoms with Crippen LogP contribution in [0.3, 0.4) is 0 Å². The molecule has 3 nitrogen and oxygen atoms in total. The number of anilines is 1. The highest BCUT2D eigenvalue weighted by Gasteiger charge is 2.18. The van der Waals surface area contributed by atoms with Crippen molar-refractivity contribution in [2.45, 2.75) is 27.7 Å². The average molecular weight is 261 g/mol. The number of benzene rings is 1. The van der Waals surface area contributed by atoms with Crippen LogP contribution in [0.4, 0.5) is 5.69 Å². The second kappa shape index (κ2) is 6.41. The van der Waals surface area contributed by atoms with Gasteiger partial charge in [0.05, 0.1) is 5.92 Å². The lowest BCUT2D eigenvalue weighted by molar-refractivity contribution is -0.140. The molecule has 1 atom stereocenters. The normalized spacial score (nSPS) is 12.0. The summed E-state index contributed by atoms with van der Waals surface area (Å²) in [7, 11) is 0. The number of aryl methyl sites for hydroxylation is 2. The molecule has 0 aliphatic heterocycles. The van der Waals surface area contributed by atoms with Gasteiger partial charge in [0.25, 0.3) is 0 Å². The maximum absolute atomic E-state index is 11.1. The minimum Gasteiger partial charge on any atom is -0.481 e. The minimum absolute atomic E-state index is 0.403. The van der Waals surface area contributed by atoms with Crippen molar-refractivity contribution in [2.24, 2.45) is 5.92 Å². The van der Waals surface area contributed by atoms with E-state index in [1.807, 2.05) is 20.8 Å². The fraction of sp³-hybridized carbons (Fsp3) is 0.438. The Hall–Kier alpha value is -1.77. The molecule has 0 amide bonds. The molecule has 0 aliphatic carbocycles. The van der Waals surface area contributed by atoms with Crippen LogP contribution >= 0.6 is 0 Å². The third kappa shape index (κ3) is 4.43. The molecular formula is C16H23NO2. The molecule has 1 aromatic rings. The second-order valence-electron chi connectivity index (χ2n) is 5.37. The Bertz CT molecular complexity index is 480. The Labute approximate surface area is 115 Å². The van der Waals surface area contributed by atoms with Gasteiger partial charge in [-0.2, -0.15) is 0 Å². The van der Waals surface area contributed by atoms with Gasteiger partial charge in [-0.05, 0) is 38.0 Å². The van der Waals surface area contributed by atoms with Gasteiger partial charge in [0, 0.05) is 18.8 Å². The van der Waals surface area contributed by atoms with Gasteiger partial charge in [-0.15, -0.1) is 0 Å². The molecule has 19 heavy (non-hydrogen) atoms. The van der Waals surface area contributed by atoms with Crippen molar-refractivity contribution in [3.8, 4) is 0 Å². The molecule has 0 aliphatic rings. The summed E-state index contributed by atoms with van der Waals surface area (Å²) in [6, 6.07) is 6.24. The van der Waals surface area contributed by atoms with E-state index < -0.39 is 11.9 Å². The Morgan fingerprint density at radius 1 is 1.42 bits per heavy atom. The summed E-state index contributed by atoms with van der Waals surface area (Å²) >= 11 is 0. The van der Waals surface area contributed by atoms with Crippen LogP contribution in [0.15, 0.2) is 30.4 Å². The van der Waals surface area contributed by atoms with E-state index in [0.29, 0.717) is 13.1 Å². The summed E-state index contributed by atoms with van der Waals surface area (Å²) < 4.78 is 0. The van der Waals surface area contributed by atoms with E-state index in [-0.39, 0.29) is 0 Å². The van der Waals surface area contributed by atoms with Crippen LogP contribution in [0.25, 0.3) is 0 Å². The van der Waals surface area contributed by atoms with Crippen molar-refractivity contribution in [2.75, 3.05) is 18.0 Å².